The third-order valence-corrected chi connectivity index (χ3v) is 5.76. The van der Waals surface area contributed by atoms with E-state index in [4.69, 9.17) is 0 Å². The standard InChI is InChI=1S/C21H19N3O2S/c1-24-20-6-4-3-5-18(20)19-13-15(7-12-21(19)24)14-22-23-16-8-10-17(11-9-16)27(2,25)26/h3-14,23H,1-2H3/b22-14+. The van der Waals surface area contributed by atoms with E-state index in [1.807, 2.05) is 18.2 Å². The molecular weight excluding hydrogens is 358 g/mol. The van der Waals surface area contributed by atoms with Crippen LogP contribution in [0, 0.1) is 0 Å². The first-order valence-corrected chi connectivity index (χ1v) is 10.4. The summed E-state index contributed by atoms with van der Waals surface area (Å²) in [4.78, 5) is 0.290. The van der Waals surface area contributed by atoms with Crippen LogP contribution in [0.15, 0.2) is 76.7 Å². The highest BCUT2D eigenvalue weighted by Gasteiger charge is 2.08. The van der Waals surface area contributed by atoms with Gasteiger partial charge < -0.3 is 4.57 Å². The average Bonchev–Trinajstić information content (AvgIpc) is 2.94. The number of aromatic nitrogens is 1. The summed E-state index contributed by atoms with van der Waals surface area (Å²) in [6.45, 7) is 0. The van der Waals surface area contributed by atoms with Crippen LogP contribution in [0.4, 0.5) is 5.69 Å². The number of fused-ring (bicyclic) bond motifs is 3. The van der Waals surface area contributed by atoms with E-state index in [0.717, 1.165) is 11.3 Å². The number of rotatable bonds is 4. The van der Waals surface area contributed by atoms with Gasteiger partial charge in [-0.15, -0.1) is 0 Å². The van der Waals surface area contributed by atoms with Gasteiger partial charge in [0.1, 0.15) is 0 Å². The van der Waals surface area contributed by atoms with E-state index < -0.39 is 9.84 Å². The fraction of sp³-hybridized carbons (Fsp3) is 0.0952. The molecule has 0 unspecified atom stereocenters. The normalized spacial score (nSPS) is 12.2. The number of hydrogen-bond acceptors (Lipinski definition) is 4. The summed E-state index contributed by atoms with van der Waals surface area (Å²) in [5, 5.41) is 6.67. The van der Waals surface area contributed by atoms with Crippen molar-refractivity contribution in [3.05, 3.63) is 72.3 Å². The van der Waals surface area contributed by atoms with Crippen molar-refractivity contribution in [2.24, 2.45) is 12.1 Å². The predicted molar refractivity (Wildman–Crippen MR) is 111 cm³/mol. The fourth-order valence-electron chi connectivity index (χ4n) is 3.22. The number of nitrogens with zero attached hydrogens (tertiary/aromatic N) is 2. The van der Waals surface area contributed by atoms with Gasteiger partial charge in [0.25, 0.3) is 0 Å². The van der Waals surface area contributed by atoms with Crippen molar-refractivity contribution in [3.63, 3.8) is 0 Å². The Bertz CT molecular complexity index is 1270. The summed E-state index contributed by atoms with van der Waals surface area (Å²) in [6, 6.07) is 21.1. The minimum Gasteiger partial charge on any atom is -0.344 e. The lowest BCUT2D eigenvalue weighted by molar-refractivity contribution is 0.602. The summed E-state index contributed by atoms with van der Waals surface area (Å²) < 4.78 is 25.2. The lowest BCUT2D eigenvalue weighted by atomic mass is 10.1. The molecule has 27 heavy (non-hydrogen) atoms. The van der Waals surface area contributed by atoms with Crippen molar-refractivity contribution in [1.29, 1.82) is 0 Å². The van der Waals surface area contributed by atoms with Crippen molar-refractivity contribution >= 4 is 43.5 Å². The van der Waals surface area contributed by atoms with E-state index in [1.165, 1.54) is 28.1 Å². The van der Waals surface area contributed by atoms with Crippen LogP contribution in [0.25, 0.3) is 21.8 Å². The number of hydrazone groups is 1. The van der Waals surface area contributed by atoms with Crippen LogP contribution in [0.5, 0.6) is 0 Å². The smallest absolute Gasteiger partial charge is 0.175 e. The first-order chi connectivity index (χ1) is 12.9. The molecule has 0 spiro atoms. The van der Waals surface area contributed by atoms with Gasteiger partial charge in [-0.3, -0.25) is 5.43 Å². The first kappa shape index (κ1) is 17.3. The Morgan fingerprint density at radius 1 is 0.926 bits per heavy atom. The zero-order valence-corrected chi connectivity index (χ0v) is 15.9. The van der Waals surface area contributed by atoms with Crippen LogP contribution in [0.3, 0.4) is 0 Å². The molecule has 0 fully saturated rings. The molecule has 6 heteroatoms. The zero-order valence-electron chi connectivity index (χ0n) is 15.0. The van der Waals surface area contributed by atoms with Crippen LogP contribution in [-0.2, 0) is 16.9 Å². The zero-order chi connectivity index (χ0) is 19.0. The quantitative estimate of drug-likeness (QED) is 0.429. The summed E-state index contributed by atoms with van der Waals surface area (Å²) in [7, 11) is -1.12. The third-order valence-electron chi connectivity index (χ3n) is 4.63. The maximum atomic E-state index is 11.5. The lowest BCUT2D eigenvalue weighted by Gasteiger charge is -2.02. The van der Waals surface area contributed by atoms with Gasteiger partial charge in [0.05, 0.1) is 16.8 Å². The topological polar surface area (TPSA) is 63.5 Å². The number of benzene rings is 3. The molecule has 0 aliphatic carbocycles. The second kappa shape index (κ2) is 6.55. The van der Waals surface area contributed by atoms with Crippen LogP contribution in [-0.4, -0.2) is 25.5 Å². The fourth-order valence-corrected chi connectivity index (χ4v) is 3.85. The Kier molecular flexibility index (Phi) is 4.20. The van der Waals surface area contributed by atoms with Gasteiger partial charge in [0.2, 0.25) is 0 Å². The van der Waals surface area contributed by atoms with E-state index in [-0.39, 0.29) is 0 Å². The van der Waals surface area contributed by atoms with E-state index in [2.05, 4.69) is 46.4 Å². The number of aryl methyl sites for hydroxylation is 1. The SMILES string of the molecule is Cn1c2ccccc2c2cc(/C=N/Nc3ccc(S(C)(=O)=O)cc3)ccc21. The first-order valence-electron chi connectivity index (χ1n) is 8.50. The molecule has 0 saturated heterocycles. The molecule has 0 amide bonds. The van der Waals surface area contributed by atoms with Crippen LogP contribution in [0.1, 0.15) is 5.56 Å². The summed E-state index contributed by atoms with van der Waals surface area (Å²) >= 11 is 0. The maximum absolute atomic E-state index is 11.5. The molecule has 0 saturated carbocycles. The summed E-state index contributed by atoms with van der Waals surface area (Å²) in [6.07, 6.45) is 2.95. The van der Waals surface area contributed by atoms with Crippen molar-refractivity contribution in [3.8, 4) is 0 Å². The molecule has 0 radical (unpaired) electrons. The number of sulfone groups is 1. The molecule has 0 aliphatic heterocycles. The number of hydrogen-bond donors (Lipinski definition) is 1. The Hall–Kier alpha value is -3.12. The van der Waals surface area contributed by atoms with E-state index >= 15 is 0 Å². The van der Waals surface area contributed by atoms with Gasteiger partial charge in [-0.1, -0.05) is 24.3 Å². The Morgan fingerprint density at radius 2 is 1.63 bits per heavy atom. The average molecular weight is 377 g/mol. The summed E-state index contributed by atoms with van der Waals surface area (Å²) in [5.74, 6) is 0. The molecule has 1 N–H and O–H groups in total. The van der Waals surface area contributed by atoms with E-state index in [0.29, 0.717) is 4.90 Å². The molecule has 4 rings (SSSR count). The minimum atomic E-state index is -3.19. The van der Waals surface area contributed by atoms with Crippen LogP contribution >= 0.6 is 0 Å². The molecule has 136 valence electrons. The monoisotopic (exact) mass is 377 g/mol. The van der Waals surface area contributed by atoms with Gasteiger partial charge in [0, 0.05) is 35.1 Å². The lowest BCUT2D eigenvalue weighted by Crippen LogP contribution is -1.97. The largest absolute Gasteiger partial charge is 0.344 e. The van der Waals surface area contributed by atoms with Gasteiger partial charge in [-0.2, -0.15) is 5.10 Å². The van der Waals surface area contributed by atoms with Gasteiger partial charge >= 0.3 is 0 Å². The Labute approximate surface area is 157 Å². The second-order valence-corrected chi connectivity index (χ2v) is 8.54. The van der Waals surface area contributed by atoms with Crippen molar-refractivity contribution < 1.29 is 8.42 Å². The molecule has 0 aliphatic rings. The summed E-state index contributed by atoms with van der Waals surface area (Å²) in [5.41, 5.74) is 7.02. The molecule has 3 aromatic carbocycles. The maximum Gasteiger partial charge on any atom is 0.175 e. The highest BCUT2D eigenvalue weighted by molar-refractivity contribution is 7.90. The van der Waals surface area contributed by atoms with Gasteiger partial charge in [-0.05, 0) is 48.0 Å². The highest BCUT2D eigenvalue weighted by atomic mass is 32.2. The number of anilines is 1. The van der Waals surface area contributed by atoms with E-state index in [9.17, 15) is 8.42 Å². The molecule has 1 heterocycles. The van der Waals surface area contributed by atoms with Crippen LogP contribution in [0.2, 0.25) is 0 Å². The van der Waals surface area contributed by atoms with Gasteiger partial charge in [0.15, 0.2) is 9.84 Å². The number of nitrogens with one attached hydrogen (secondary N) is 1. The van der Waals surface area contributed by atoms with Crippen molar-refractivity contribution in [2.75, 3.05) is 11.7 Å². The highest BCUT2D eigenvalue weighted by Crippen LogP contribution is 2.28. The minimum absolute atomic E-state index is 0.290. The molecule has 0 atom stereocenters. The van der Waals surface area contributed by atoms with Crippen molar-refractivity contribution in [2.45, 2.75) is 4.90 Å². The van der Waals surface area contributed by atoms with Crippen molar-refractivity contribution in [1.82, 2.24) is 4.57 Å². The molecule has 1 aromatic heterocycles. The van der Waals surface area contributed by atoms with Gasteiger partial charge in [-0.25, -0.2) is 8.42 Å². The van der Waals surface area contributed by atoms with Crippen LogP contribution < -0.4 is 5.43 Å². The molecule has 0 bridgehead atoms. The second-order valence-electron chi connectivity index (χ2n) is 6.52. The Morgan fingerprint density at radius 3 is 2.37 bits per heavy atom. The number of para-hydroxylation sites is 1. The molecular formula is C21H19N3O2S. The molecule has 5 nitrogen and oxygen atoms in total. The predicted octanol–water partition coefficient (Wildman–Crippen LogP) is 4.18. The van der Waals surface area contributed by atoms with E-state index in [1.54, 1.807) is 30.5 Å². The Balaban J connectivity index is 1.59. The third kappa shape index (κ3) is 3.31. The molecule has 4 aromatic rings.